The van der Waals surface area contributed by atoms with Gasteiger partial charge in [-0.2, -0.15) is 0 Å². The van der Waals surface area contributed by atoms with E-state index in [1.807, 2.05) is 13.8 Å². The maximum Gasteiger partial charge on any atom is 0.280 e. The van der Waals surface area contributed by atoms with Gasteiger partial charge in [0.25, 0.3) is 21.4 Å². The summed E-state index contributed by atoms with van der Waals surface area (Å²) >= 11 is 0. The van der Waals surface area contributed by atoms with Crippen molar-refractivity contribution < 1.29 is 23.0 Å². The average molecular weight is 487 g/mol. The largest absolute Gasteiger partial charge is 0.476 e. The van der Waals surface area contributed by atoms with Crippen molar-refractivity contribution in [2.24, 2.45) is 5.92 Å². The zero-order valence-electron chi connectivity index (χ0n) is 18.5. The molecule has 34 heavy (non-hydrogen) atoms. The second-order valence-electron chi connectivity index (χ2n) is 7.75. The van der Waals surface area contributed by atoms with Gasteiger partial charge in [-0.15, -0.1) is 10.2 Å². The van der Waals surface area contributed by atoms with Crippen LogP contribution < -0.4 is 9.46 Å². The molecule has 178 valence electrons. The molecule has 0 saturated carbocycles. The first-order valence-corrected chi connectivity index (χ1v) is 11.5. The number of anilines is 1. The highest BCUT2D eigenvalue weighted by molar-refractivity contribution is 7.92. The van der Waals surface area contributed by atoms with E-state index in [-0.39, 0.29) is 11.3 Å². The van der Waals surface area contributed by atoms with Crippen molar-refractivity contribution in [1.29, 1.82) is 0 Å². The minimum absolute atomic E-state index is 0.130. The number of benzene rings is 2. The summed E-state index contributed by atoms with van der Waals surface area (Å²) in [6.45, 7) is 5.67. The lowest BCUT2D eigenvalue weighted by atomic mass is 10.1. The SMILES string of the molecule is Cc1c([N+](=O)[O-])cc(S(=O)(=O)Nc2cccc(-c3ccc(OCC(C)C)nn3)c2)cc1[N+](=O)[O-]. The van der Waals surface area contributed by atoms with Crippen LogP contribution in [0.3, 0.4) is 0 Å². The smallest absolute Gasteiger partial charge is 0.280 e. The zero-order chi connectivity index (χ0) is 25.0. The van der Waals surface area contributed by atoms with Gasteiger partial charge in [-0.1, -0.05) is 26.0 Å². The van der Waals surface area contributed by atoms with E-state index >= 15 is 0 Å². The molecule has 0 spiro atoms. The zero-order valence-corrected chi connectivity index (χ0v) is 19.3. The molecule has 0 amide bonds. The Balaban J connectivity index is 1.90. The second-order valence-corrected chi connectivity index (χ2v) is 9.43. The molecule has 1 heterocycles. The Labute approximate surface area is 195 Å². The summed E-state index contributed by atoms with van der Waals surface area (Å²) in [5, 5.41) is 30.7. The van der Waals surface area contributed by atoms with Crippen molar-refractivity contribution in [3.05, 3.63) is 74.3 Å². The van der Waals surface area contributed by atoms with Crippen molar-refractivity contribution in [2.45, 2.75) is 25.7 Å². The molecule has 0 atom stereocenters. The van der Waals surface area contributed by atoms with Crippen molar-refractivity contribution in [3.63, 3.8) is 0 Å². The van der Waals surface area contributed by atoms with Gasteiger partial charge in [0.2, 0.25) is 5.88 Å². The molecule has 0 aliphatic carbocycles. The molecule has 0 unspecified atom stereocenters. The van der Waals surface area contributed by atoms with E-state index < -0.39 is 36.1 Å². The molecule has 0 radical (unpaired) electrons. The first-order chi connectivity index (χ1) is 16.0. The third-order valence-electron chi connectivity index (χ3n) is 4.65. The molecule has 0 fully saturated rings. The molecule has 1 aromatic heterocycles. The van der Waals surface area contributed by atoms with Crippen LogP contribution >= 0.6 is 0 Å². The maximum absolute atomic E-state index is 12.9. The van der Waals surface area contributed by atoms with E-state index in [0.717, 1.165) is 12.1 Å². The Kier molecular flexibility index (Phi) is 7.05. The lowest BCUT2D eigenvalue weighted by Crippen LogP contribution is -2.14. The summed E-state index contributed by atoms with van der Waals surface area (Å²) < 4.78 is 33.6. The molecular weight excluding hydrogens is 466 g/mol. The van der Waals surface area contributed by atoms with E-state index in [1.165, 1.54) is 19.1 Å². The van der Waals surface area contributed by atoms with Gasteiger partial charge in [0, 0.05) is 29.4 Å². The Morgan fingerprint density at radius 2 is 1.65 bits per heavy atom. The summed E-state index contributed by atoms with van der Waals surface area (Å²) in [5.74, 6) is 0.680. The summed E-state index contributed by atoms with van der Waals surface area (Å²) in [6.07, 6.45) is 0. The Morgan fingerprint density at radius 3 is 2.18 bits per heavy atom. The molecule has 3 aromatic rings. The van der Waals surface area contributed by atoms with Crippen LogP contribution in [0.1, 0.15) is 19.4 Å². The van der Waals surface area contributed by atoms with Crippen LogP contribution in [0.5, 0.6) is 5.88 Å². The fourth-order valence-electron chi connectivity index (χ4n) is 2.95. The number of hydrogen-bond acceptors (Lipinski definition) is 9. The van der Waals surface area contributed by atoms with Crippen molar-refractivity contribution in [3.8, 4) is 17.1 Å². The first kappa shape index (κ1) is 24.5. The van der Waals surface area contributed by atoms with Gasteiger partial charge in [-0.25, -0.2) is 8.42 Å². The lowest BCUT2D eigenvalue weighted by Gasteiger charge is -2.11. The quantitative estimate of drug-likeness (QED) is 0.345. The predicted molar refractivity (Wildman–Crippen MR) is 123 cm³/mol. The van der Waals surface area contributed by atoms with E-state index in [0.29, 0.717) is 29.7 Å². The standard InChI is InChI=1S/C21H21N5O7S/c1-13(2)12-33-21-8-7-18(22-23-21)15-5-4-6-16(9-15)24-34(31,32)17-10-19(25(27)28)14(3)20(11-17)26(29)30/h4-11,13,24H,12H2,1-3H3. The Bertz CT molecular complexity index is 1310. The lowest BCUT2D eigenvalue weighted by molar-refractivity contribution is -0.395. The molecule has 1 N–H and O–H groups in total. The molecular formula is C21H21N5O7S. The van der Waals surface area contributed by atoms with Crippen LogP contribution in [-0.2, 0) is 10.0 Å². The van der Waals surface area contributed by atoms with Crippen LogP contribution in [-0.4, -0.2) is 35.1 Å². The van der Waals surface area contributed by atoms with Gasteiger partial charge >= 0.3 is 0 Å². The molecule has 0 aliphatic heterocycles. The molecule has 0 saturated heterocycles. The van der Waals surface area contributed by atoms with E-state index in [9.17, 15) is 28.6 Å². The third kappa shape index (κ3) is 5.61. The topological polar surface area (TPSA) is 167 Å². The minimum Gasteiger partial charge on any atom is -0.476 e. The summed E-state index contributed by atoms with van der Waals surface area (Å²) in [6, 6.07) is 11.1. The van der Waals surface area contributed by atoms with Crippen molar-refractivity contribution >= 4 is 27.1 Å². The van der Waals surface area contributed by atoms with Crippen LogP contribution in [0.15, 0.2) is 53.4 Å². The number of rotatable bonds is 9. The molecule has 0 bridgehead atoms. The fourth-order valence-corrected chi connectivity index (χ4v) is 4.04. The second kappa shape index (κ2) is 9.79. The third-order valence-corrected chi connectivity index (χ3v) is 6.01. The van der Waals surface area contributed by atoms with Crippen LogP contribution in [0.4, 0.5) is 17.1 Å². The Hall–Kier alpha value is -4.13. The number of hydrogen-bond donors (Lipinski definition) is 1. The number of nitro benzene ring substituents is 2. The highest BCUT2D eigenvalue weighted by atomic mass is 32.2. The predicted octanol–water partition coefficient (Wildman–Crippen LogP) is 4.10. The van der Waals surface area contributed by atoms with E-state index in [4.69, 9.17) is 4.74 Å². The van der Waals surface area contributed by atoms with Crippen LogP contribution in [0, 0.1) is 33.1 Å². The monoisotopic (exact) mass is 487 g/mol. The number of sulfonamides is 1. The number of nitrogens with one attached hydrogen (secondary N) is 1. The highest BCUT2D eigenvalue weighted by Gasteiger charge is 2.28. The van der Waals surface area contributed by atoms with Gasteiger partial charge in [-0.3, -0.25) is 25.0 Å². The van der Waals surface area contributed by atoms with Crippen molar-refractivity contribution in [1.82, 2.24) is 10.2 Å². The van der Waals surface area contributed by atoms with Gasteiger partial charge in [0.15, 0.2) is 0 Å². The average Bonchev–Trinajstić information content (AvgIpc) is 2.77. The minimum atomic E-state index is -4.38. The number of ether oxygens (including phenoxy) is 1. The molecule has 2 aromatic carbocycles. The summed E-state index contributed by atoms with van der Waals surface area (Å²) in [7, 11) is -4.38. The van der Waals surface area contributed by atoms with Crippen LogP contribution in [0.2, 0.25) is 0 Å². The van der Waals surface area contributed by atoms with Gasteiger partial charge < -0.3 is 4.74 Å². The summed E-state index contributed by atoms with van der Waals surface area (Å²) in [5.41, 5.74) is -0.444. The van der Waals surface area contributed by atoms with Gasteiger partial charge in [0.1, 0.15) is 10.5 Å². The van der Waals surface area contributed by atoms with Gasteiger partial charge in [-0.05, 0) is 31.0 Å². The van der Waals surface area contributed by atoms with Crippen LogP contribution in [0.25, 0.3) is 11.3 Å². The van der Waals surface area contributed by atoms with E-state index in [1.54, 1.807) is 24.3 Å². The number of nitrogens with zero attached hydrogens (tertiary/aromatic N) is 4. The molecule has 0 aliphatic rings. The maximum atomic E-state index is 12.9. The number of aromatic nitrogens is 2. The molecule has 3 rings (SSSR count). The highest BCUT2D eigenvalue weighted by Crippen LogP contribution is 2.32. The summed E-state index contributed by atoms with van der Waals surface area (Å²) in [4.78, 5) is 20.2. The fraction of sp³-hybridized carbons (Fsp3) is 0.238. The molecule has 13 heteroatoms. The van der Waals surface area contributed by atoms with E-state index in [2.05, 4.69) is 14.9 Å². The number of nitro groups is 2. The van der Waals surface area contributed by atoms with Crippen molar-refractivity contribution in [2.75, 3.05) is 11.3 Å². The Morgan fingerprint density at radius 1 is 1.00 bits per heavy atom. The molecule has 12 nitrogen and oxygen atoms in total. The van der Waals surface area contributed by atoms with Gasteiger partial charge in [0.05, 0.1) is 22.1 Å². The first-order valence-electron chi connectivity index (χ1n) is 10.0. The normalized spacial score (nSPS) is 11.3.